The molecule has 0 spiro atoms. The number of nitrogens with one attached hydrogen (secondary N) is 1. The minimum Gasteiger partial charge on any atom is -0.366 e. The van der Waals surface area contributed by atoms with Crippen LogP contribution in [0.1, 0.15) is 52.5 Å². The summed E-state index contributed by atoms with van der Waals surface area (Å²) in [6, 6.07) is 6.78. The highest BCUT2D eigenvalue weighted by Gasteiger charge is 2.67. The Balaban J connectivity index is 1.68. The molecule has 184 valence electrons. The molecule has 1 aliphatic carbocycles. The molecule has 10 heteroatoms. The van der Waals surface area contributed by atoms with E-state index in [2.05, 4.69) is 15.3 Å². The number of amides is 2. The number of rotatable bonds is 10. The van der Waals surface area contributed by atoms with E-state index < -0.39 is 29.3 Å². The van der Waals surface area contributed by atoms with Crippen LogP contribution >= 0.6 is 0 Å². The van der Waals surface area contributed by atoms with Crippen LogP contribution in [0, 0.1) is 12.3 Å². The summed E-state index contributed by atoms with van der Waals surface area (Å²) in [5.74, 6) is -1.53. The molecule has 3 N–H and O–H groups in total. The van der Waals surface area contributed by atoms with Crippen molar-refractivity contribution in [1.29, 1.82) is 0 Å². The lowest BCUT2D eigenvalue weighted by Gasteiger charge is -2.29. The molecular weight excluding hydrogens is 447 g/mol. The minimum atomic E-state index is -4.41. The highest BCUT2D eigenvalue weighted by atomic mass is 19.4. The Labute approximate surface area is 197 Å². The van der Waals surface area contributed by atoms with E-state index in [4.69, 9.17) is 5.73 Å². The van der Waals surface area contributed by atoms with E-state index in [9.17, 15) is 22.8 Å². The first kappa shape index (κ1) is 25.6. The normalized spacial score (nSPS) is 16.7. The molecule has 0 saturated heterocycles. The van der Waals surface area contributed by atoms with Gasteiger partial charge in [0.2, 0.25) is 11.8 Å². The smallest absolute Gasteiger partial charge is 0.366 e. The third-order valence-corrected chi connectivity index (χ3v) is 6.59. The van der Waals surface area contributed by atoms with Gasteiger partial charge in [-0.1, -0.05) is 12.1 Å². The third-order valence-electron chi connectivity index (χ3n) is 6.59. The summed E-state index contributed by atoms with van der Waals surface area (Å²) >= 11 is 0. The number of aromatic nitrogens is 2. The van der Waals surface area contributed by atoms with Crippen LogP contribution in [-0.2, 0) is 11.2 Å². The number of benzene rings is 1. The van der Waals surface area contributed by atoms with Crippen molar-refractivity contribution in [2.45, 2.75) is 50.7 Å². The monoisotopic (exact) mass is 477 g/mol. The van der Waals surface area contributed by atoms with Crippen LogP contribution in [0.5, 0.6) is 0 Å². The first-order chi connectivity index (χ1) is 15.9. The molecule has 0 radical (unpaired) electrons. The minimum absolute atomic E-state index is 0.00998. The van der Waals surface area contributed by atoms with E-state index in [1.165, 1.54) is 12.4 Å². The second-order valence-electron chi connectivity index (χ2n) is 9.16. The quantitative estimate of drug-likeness (QED) is 0.548. The van der Waals surface area contributed by atoms with Crippen molar-refractivity contribution in [1.82, 2.24) is 20.2 Å². The van der Waals surface area contributed by atoms with Gasteiger partial charge in [-0.3, -0.25) is 9.59 Å². The van der Waals surface area contributed by atoms with Crippen LogP contribution < -0.4 is 11.1 Å². The van der Waals surface area contributed by atoms with E-state index in [1.54, 1.807) is 31.2 Å². The molecule has 1 aromatic heterocycles. The Morgan fingerprint density at radius 3 is 2.21 bits per heavy atom. The van der Waals surface area contributed by atoms with Gasteiger partial charge in [0.25, 0.3) is 0 Å². The van der Waals surface area contributed by atoms with E-state index in [1.807, 2.05) is 19.0 Å². The van der Waals surface area contributed by atoms with Crippen molar-refractivity contribution in [3.8, 4) is 0 Å². The zero-order valence-corrected chi connectivity index (χ0v) is 19.5. The van der Waals surface area contributed by atoms with Gasteiger partial charge in [-0.05, 0) is 63.5 Å². The number of alkyl halides is 3. The topological polar surface area (TPSA) is 101 Å². The fourth-order valence-electron chi connectivity index (χ4n) is 4.18. The van der Waals surface area contributed by atoms with E-state index in [0.717, 1.165) is 5.56 Å². The second-order valence-corrected chi connectivity index (χ2v) is 9.16. The van der Waals surface area contributed by atoms with Crippen LogP contribution in [-0.4, -0.2) is 59.5 Å². The third kappa shape index (κ3) is 5.91. The maximum atomic E-state index is 13.9. The van der Waals surface area contributed by atoms with E-state index in [0.29, 0.717) is 23.4 Å². The number of hydrogen-bond donors (Lipinski definition) is 2. The summed E-state index contributed by atoms with van der Waals surface area (Å²) < 4.78 is 41.7. The molecule has 1 saturated carbocycles. The average molecular weight is 478 g/mol. The van der Waals surface area contributed by atoms with Crippen LogP contribution in [0.25, 0.3) is 0 Å². The van der Waals surface area contributed by atoms with Crippen molar-refractivity contribution < 1.29 is 22.8 Å². The first-order valence-electron chi connectivity index (χ1n) is 11.1. The van der Waals surface area contributed by atoms with Gasteiger partial charge in [-0.15, -0.1) is 0 Å². The standard InChI is InChI=1S/C24H30F3N5O2/c1-15-29-12-18(13-30-15)20(23(8-9-23)24(25,26)27)11-21(33)31-14-19(32(2)3)10-16-4-6-17(7-5-16)22(28)34/h4-7,12-13,19-20H,8-11,14H2,1-3H3,(H2,28,34)(H,31,33). The zero-order valence-electron chi connectivity index (χ0n) is 19.5. The van der Waals surface area contributed by atoms with Gasteiger partial charge in [0.15, 0.2) is 0 Å². The molecule has 0 bridgehead atoms. The molecule has 3 rings (SSSR count). The molecule has 1 aromatic carbocycles. The number of halogens is 3. The summed E-state index contributed by atoms with van der Waals surface area (Å²) in [6.07, 6.45) is -1.36. The molecule has 1 aliphatic rings. The molecule has 2 amide bonds. The van der Waals surface area contributed by atoms with Crippen molar-refractivity contribution in [3.05, 3.63) is 59.2 Å². The molecule has 7 nitrogen and oxygen atoms in total. The van der Waals surface area contributed by atoms with Gasteiger partial charge < -0.3 is 16.0 Å². The number of carbonyl (C=O) groups excluding carboxylic acids is 2. The Morgan fingerprint density at radius 2 is 1.74 bits per heavy atom. The number of nitrogens with two attached hydrogens (primary N) is 1. The van der Waals surface area contributed by atoms with Crippen molar-refractivity contribution in [3.63, 3.8) is 0 Å². The summed E-state index contributed by atoms with van der Waals surface area (Å²) in [7, 11) is 3.73. The maximum Gasteiger partial charge on any atom is 0.395 e. The van der Waals surface area contributed by atoms with Crippen molar-refractivity contribution in [2.24, 2.45) is 11.1 Å². The van der Waals surface area contributed by atoms with E-state index >= 15 is 0 Å². The lowest BCUT2D eigenvalue weighted by molar-refractivity contribution is -0.194. The largest absolute Gasteiger partial charge is 0.395 e. The molecular formula is C24H30F3N5O2. The number of carbonyl (C=O) groups is 2. The van der Waals surface area contributed by atoms with Gasteiger partial charge in [0, 0.05) is 42.9 Å². The number of nitrogens with zero attached hydrogens (tertiary/aromatic N) is 3. The molecule has 34 heavy (non-hydrogen) atoms. The van der Waals surface area contributed by atoms with Gasteiger partial charge >= 0.3 is 6.18 Å². The van der Waals surface area contributed by atoms with Crippen LogP contribution in [0.15, 0.2) is 36.7 Å². The lowest BCUT2D eigenvalue weighted by atomic mass is 9.81. The SMILES string of the molecule is Cc1ncc(C(CC(=O)NCC(Cc2ccc(C(N)=O)cc2)N(C)C)C2(C(F)(F)F)CC2)cn1. The highest BCUT2D eigenvalue weighted by Crippen LogP contribution is 2.66. The summed E-state index contributed by atoms with van der Waals surface area (Å²) in [5.41, 5.74) is 5.04. The second kappa shape index (κ2) is 10.1. The number of primary amides is 1. The number of aryl methyl sites for hydroxylation is 1. The summed E-state index contributed by atoms with van der Waals surface area (Å²) in [6.45, 7) is 1.92. The molecule has 2 unspecified atom stereocenters. The Kier molecular flexibility index (Phi) is 7.60. The Morgan fingerprint density at radius 1 is 1.15 bits per heavy atom. The molecule has 2 atom stereocenters. The van der Waals surface area contributed by atoms with Gasteiger partial charge in [0.05, 0.1) is 5.41 Å². The van der Waals surface area contributed by atoms with Gasteiger partial charge in [-0.25, -0.2) is 9.97 Å². The Bertz CT molecular complexity index is 1000. The summed E-state index contributed by atoms with van der Waals surface area (Å²) in [5, 5.41) is 2.81. The van der Waals surface area contributed by atoms with Crippen molar-refractivity contribution in [2.75, 3.05) is 20.6 Å². The molecule has 1 heterocycles. The number of hydrogen-bond acceptors (Lipinski definition) is 5. The van der Waals surface area contributed by atoms with Crippen LogP contribution in [0.2, 0.25) is 0 Å². The molecule has 0 aliphatic heterocycles. The summed E-state index contributed by atoms with van der Waals surface area (Å²) in [4.78, 5) is 34.1. The zero-order chi connectivity index (χ0) is 25.1. The van der Waals surface area contributed by atoms with Crippen LogP contribution in [0.4, 0.5) is 13.2 Å². The fourth-order valence-corrected chi connectivity index (χ4v) is 4.18. The highest BCUT2D eigenvalue weighted by molar-refractivity contribution is 5.92. The maximum absolute atomic E-state index is 13.9. The predicted octanol–water partition coefficient (Wildman–Crippen LogP) is 2.99. The average Bonchev–Trinajstić information content (AvgIpc) is 3.58. The molecule has 2 aromatic rings. The fraction of sp³-hybridized carbons (Fsp3) is 0.500. The van der Waals surface area contributed by atoms with Gasteiger partial charge in [0.1, 0.15) is 5.82 Å². The predicted molar refractivity (Wildman–Crippen MR) is 121 cm³/mol. The first-order valence-corrected chi connectivity index (χ1v) is 11.1. The molecule has 1 fully saturated rings. The van der Waals surface area contributed by atoms with Crippen LogP contribution in [0.3, 0.4) is 0 Å². The van der Waals surface area contributed by atoms with E-state index in [-0.39, 0.29) is 31.8 Å². The lowest BCUT2D eigenvalue weighted by Crippen LogP contribution is -2.42. The van der Waals surface area contributed by atoms with Gasteiger partial charge in [-0.2, -0.15) is 13.2 Å². The Hall–Kier alpha value is -3.01. The number of likely N-dealkylation sites (N-methyl/N-ethyl adjacent to an activating group) is 1. The van der Waals surface area contributed by atoms with Crippen molar-refractivity contribution >= 4 is 11.8 Å².